The first-order valence-corrected chi connectivity index (χ1v) is 21.4. The number of fused-ring (bicyclic) bond motifs is 13. The van der Waals surface area contributed by atoms with Crippen LogP contribution in [0.15, 0.2) is 168 Å². The maximum Gasteiger partial charge on any atom is 0.165 e. The summed E-state index contributed by atoms with van der Waals surface area (Å²) in [5, 5.41) is 8.25. The second-order valence-corrected chi connectivity index (χ2v) is 17.2. The Hall–Kier alpha value is -7.19. The summed E-state index contributed by atoms with van der Waals surface area (Å²) in [5.41, 5.74) is 9.43. The van der Waals surface area contributed by atoms with E-state index >= 15 is 0 Å². The van der Waals surface area contributed by atoms with Gasteiger partial charge in [-0.25, -0.2) is 15.0 Å². The molecule has 5 nitrogen and oxygen atoms in total. The summed E-state index contributed by atoms with van der Waals surface area (Å²) in [4.78, 5) is 17.0. The molecule has 5 heterocycles. The van der Waals surface area contributed by atoms with Crippen LogP contribution in [0, 0.1) is 0 Å². The Kier molecular flexibility index (Phi) is 7.05. The van der Waals surface area contributed by atoms with Gasteiger partial charge in [0.15, 0.2) is 17.5 Å². The van der Waals surface area contributed by atoms with Crippen LogP contribution in [0.3, 0.4) is 0 Å². The monoisotopic (exact) mass is 790 g/mol. The highest BCUT2D eigenvalue weighted by molar-refractivity contribution is 7.26. The van der Waals surface area contributed by atoms with Crippen molar-refractivity contribution in [3.05, 3.63) is 174 Å². The topological polar surface area (TPSA) is 56.7 Å². The van der Waals surface area contributed by atoms with Crippen LogP contribution in [0.4, 0.5) is 0 Å². The molecule has 0 atom stereocenters. The summed E-state index contributed by atoms with van der Waals surface area (Å²) in [6.07, 6.45) is 7.76. The molecule has 0 saturated heterocycles. The second kappa shape index (κ2) is 12.7. The SMILES string of the molecule is C1=CC(n2c3ccccc3c3c4oc5ccccc5c4ccc32)=Cc2c(sc3c(-c4nc(-c5ccccc5)nc(-c5cccc6c5sc5ccccc56)n4)cccc23)C1. The third-order valence-electron chi connectivity index (χ3n) is 11.7. The molecule has 0 spiro atoms. The van der Waals surface area contributed by atoms with Gasteiger partial charge in [0.1, 0.15) is 11.2 Å². The molecule has 7 heteroatoms. The highest BCUT2D eigenvalue weighted by Gasteiger charge is 2.23. The van der Waals surface area contributed by atoms with Crippen LogP contribution >= 0.6 is 22.7 Å². The zero-order valence-electron chi connectivity index (χ0n) is 31.4. The molecule has 0 unspecified atom stereocenters. The molecule has 7 aromatic carbocycles. The molecule has 13 rings (SSSR count). The number of thiophene rings is 2. The van der Waals surface area contributed by atoms with Crippen molar-refractivity contribution in [2.45, 2.75) is 6.42 Å². The van der Waals surface area contributed by atoms with Gasteiger partial charge in [0.25, 0.3) is 0 Å². The van der Waals surface area contributed by atoms with E-state index in [9.17, 15) is 0 Å². The Morgan fingerprint density at radius 2 is 1.19 bits per heavy atom. The fourth-order valence-corrected chi connectivity index (χ4v) is 11.5. The summed E-state index contributed by atoms with van der Waals surface area (Å²) in [6, 6.07) is 53.3. The number of rotatable bonds is 4. The van der Waals surface area contributed by atoms with Gasteiger partial charge in [0.05, 0.1) is 16.4 Å². The Bertz CT molecular complexity index is 3770. The highest BCUT2D eigenvalue weighted by Crippen LogP contribution is 2.45. The third kappa shape index (κ3) is 4.92. The van der Waals surface area contributed by atoms with Crippen LogP contribution in [0.1, 0.15) is 10.4 Å². The highest BCUT2D eigenvalue weighted by atomic mass is 32.1. The molecule has 0 aliphatic heterocycles. The molecule has 0 amide bonds. The quantitative estimate of drug-likeness (QED) is 0.178. The first-order chi connectivity index (χ1) is 29.2. The van der Waals surface area contributed by atoms with Crippen LogP contribution in [0.25, 0.3) is 120 Å². The standard InChI is InChI=1S/C52H30N4OS2/c1-2-13-30(14-3-1)50-53-51(38-21-11-19-35-33-17-6-9-25-44(33)58-48(35)38)55-52(54-50)39-22-12-20-36-40-29-31(15-10-26-45(40)59-49(36)39)56-41-23-7-4-18-37(41)46-42(56)28-27-34-32-16-5-8-24-43(32)57-47(34)46/h1-25,27-29H,26H2. The van der Waals surface area contributed by atoms with Gasteiger partial charge in [-0.3, -0.25) is 0 Å². The van der Waals surface area contributed by atoms with E-state index in [0.29, 0.717) is 17.5 Å². The molecule has 0 bridgehead atoms. The summed E-state index contributed by atoms with van der Waals surface area (Å²) in [6.45, 7) is 0. The minimum atomic E-state index is 0.661. The van der Waals surface area contributed by atoms with E-state index in [1.165, 1.54) is 46.1 Å². The summed E-state index contributed by atoms with van der Waals surface area (Å²) < 4.78 is 12.6. The molecule has 1 aliphatic rings. The van der Waals surface area contributed by atoms with Crippen LogP contribution in [-0.2, 0) is 6.42 Å². The van der Waals surface area contributed by atoms with Crippen molar-refractivity contribution >= 4 is 108 Å². The number of benzene rings is 7. The molecule has 0 radical (unpaired) electrons. The molecule has 5 aromatic heterocycles. The number of furan rings is 1. The van der Waals surface area contributed by atoms with Crippen molar-refractivity contribution in [3.63, 3.8) is 0 Å². The van der Waals surface area contributed by atoms with Crippen LogP contribution in [0.5, 0.6) is 0 Å². The van der Waals surface area contributed by atoms with Gasteiger partial charge in [-0.1, -0.05) is 115 Å². The predicted molar refractivity (Wildman–Crippen MR) is 248 cm³/mol. The van der Waals surface area contributed by atoms with Gasteiger partial charge in [-0.15, -0.1) is 22.7 Å². The first-order valence-electron chi connectivity index (χ1n) is 19.7. The van der Waals surface area contributed by atoms with Gasteiger partial charge >= 0.3 is 0 Å². The van der Waals surface area contributed by atoms with Gasteiger partial charge < -0.3 is 8.98 Å². The molecule has 1 aliphatic carbocycles. The second-order valence-electron chi connectivity index (χ2n) is 15.0. The van der Waals surface area contributed by atoms with Crippen molar-refractivity contribution in [3.8, 4) is 34.2 Å². The molecule has 0 saturated carbocycles. The zero-order chi connectivity index (χ0) is 38.6. The Morgan fingerprint density at radius 3 is 2.03 bits per heavy atom. The number of hydrogen-bond donors (Lipinski definition) is 0. The van der Waals surface area contributed by atoms with Crippen molar-refractivity contribution < 1.29 is 4.42 Å². The minimum Gasteiger partial charge on any atom is -0.455 e. The molecule has 0 fully saturated rings. The lowest BCUT2D eigenvalue weighted by Gasteiger charge is -2.10. The van der Waals surface area contributed by atoms with E-state index < -0.39 is 0 Å². The van der Waals surface area contributed by atoms with E-state index in [4.69, 9.17) is 19.4 Å². The lowest BCUT2D eigenvalue weighted by Crippen LogP contribution is -2.00. The third-order valence-corrected chi connectivity index (χ3v) is 14.2. The summed E-state index contributed by atoms with van der Waals surface area (Å²) in [7, 11) is 0. The maximum atomic E-state index is 6.60. The van der Waals surface area contributed by atoms with Crippen molar-refractivity contribution in [2.24, 2.45) is 0 Å². The zero-order valence-corrected chi connectivity index (χ0v) is 33.0. The van der Waals surface area contributed by atoms with Crippen molar-refractivity contribution in [1.29, 1.82) is 0 Å². The molecule has 59 heavy (non-hydrogen) atoms. The normalized spacial score (nSPS) is 13.1. The van der Waals surface area contributed by atoms with Gasteiger partial charge in [0.2, 0.25) is 0 Å². The number of para-hydroxylation sites is 2. The Labute approximate surface area is 345 Å². The minimum absolute atomic E-state index is 0.661. The van der Waals surface area contributed by atoms with Gasteiger partial charge in [-0.2, -0.15) is 0 Å². The largest absolute Gasteiger partial charge is 0.455 e. The lowest BCUT2D eigenvalue weighted by atomic mass is 10.1. The van der Waals surface area contributed by atoms with E-state index in [-0.39, 0.29) is 0 Å². The molecule has 0 N–H and O–H groups in total. The molecule has 12 aromatic rings. The number of nitrogens with zero attached hydrogens (tertiary/aromatic N) is 4. The lowest BCUT2D eigenvalue weighted by molar-refractivity contribution is 0.673. The van der Waals surface area contributed by atoms with Crippen molar-refractivity contribution in [2.75, 3.05) is 0 Å². The summed E-state index contributed by atoms with van der Waals surface area (Å²) >= 11 is 3.63. The van der Waals surface area contributed by atoms with Crippen LogP contribution in [-0.4, -0.2) is 19.5 Å². The van der Waals surface area contributed by atoms with Crippen LogP contribution < -0.4 is 0 Å². The van der Waals surface area contributed by atoms with E-state index in [1.807, 2.05) is 35.6 Å². The van der Waals surface area contributed by atoms with Crippen molar-refractivity contribution in [1.82, 2.24) is 19.5 Å². The van der Waals surface area contributed by atoms with E-state index in [0.717, 1.165) is 67.2 Å². The van der Waals surface area contributed by atoms with Crippen LogP contribution in [0.2, 0.25) is 0 Å². The average Bonchev–Trinajstić information content (AvgIpc) is 4.02. The van der Waals surface area contributed by atoms with Gasteiger partial charge in [-0.05, 0) is 60.2 Å². The maximum absolute atomic E-state index is 6.60. The molecular formula is C52H30N4OS2. The Morgan fingerprint density at radius 1 is 0.508 bits per heavy atom. The number of allylic oxidation sites excluding steroid dienone is 3. The average molecular weight is 791 g/mol. The van der Waals surface area contributed by atoms with E-state index in [1.54, 1.807) is 11.3 Å². The smallest absolute Gasteiger partial charge is 0.165 e. The van der Waals surface area contributed by atoms with Gasteiger partial charge in [0, 0.05) is 80.1 Å². The predicted octanol–water partition coefficient (Wildman–Crippen LogP) is 14.6. The van der Waals surface area contributed by atoms with E-state index in [2.05, 4.69) is 150 Å². The molecular weight excluding hydrogens is 761 g/mol. The fraction of sp³-hybridized carbons (Fsp3) is 0.0192. The number of aromatic nitrogens is 4. The first kappa shape index (κ1) is 32.8. The molecule has 276 valence electrons. The Balaban J connectivity index is 1.01. The number of hydrogen-bond acceptors (Lipinski definition) is 6. The fourth-order valence-electron chi connectivity index (χ4n) is 9.06. The summed E-state index contributed by atoms with van der Waals surface area (Å²) in [5.74, 6) is 2.01.